The number of carbonyl (C=O) groups excluding carboxylic acids is 1. The third-order valence-corrected chi connectivity index (χ3v) is 4.85. The van der Waals surface area contributed by atoms with Crippen molar-refractivity contribution in [3.05, 3.63) is 0 Å². The molecule has 2 saturated carbocycles. The molecule has 0 radical (unpaired) electrons. The van der Waals surface area contributed by atoms with E-state index in [0.717, 1.165) is 25.7 Å². The Morgan fingerprint density at radius 2 is 1.15 bits per heavy atom. The van der Waals surface area contributed by atoms with Crippen LogP contribution in [0, 0.1) is 5.92 Å². The van der Waals surface area contributed by atoms with Crippen LogP contribution in [0.15, 0.2) is 0 Å². The average Bonchev–Trinajstić information content (AvgIpc) is 2.36. The molecule has 0 aromatic heterocycles. The number of hydroxylamine groups is 1. The summed E-state index contributed by atoms with van der Waals surface area (Å²) in [5, 5.41) is 0. The van der Waals surface area contributed by atoms with Gasteiger partial charge in [-0.05, 0) is 25.7 Å². The summed E-state index contributed by atoms with van der Waals surface area (Å²) in [6, 6.07) is 0. The van der Waals surface area contributed by atoms with Crippen LogP contribution in [0.1, 0.15) is 89.9 Å². The molecular weight excluding hydrogens is 250 g/mol. The summed E-state index contributed by atoms with van der Waals surface area (Å²) < 4.78 is 0. The van der Waals surface area contributed by atoms with Gasteiger partial charge in [0.25, 0.3) is 0 Å². The molecule has 1 amide bonds. The quantitative estimate of drug-likeness (QED) is 0.773. The van der Waals surface area contributed by atoms with Crippen LogP contribution in [0.5, 0.6) is 0 Å². The Hall–Kier alpha value is -0.570. The van der Waals surface area contributed by atoms with Crippen molar-refractivity contribution in [2.24, 2.45) is 5.92 Å². The van der Waals surface area contributed by atoms with Crippen LogP contribution in [-0.2, 0) is 9.63 Å². The number of nitrogens with one attached hydrogen (secondary N) is 1. The van der Waals surface area contributed by atoms with Crippen LogP contribution >= 0.6 is 0 Å². The molecule has 0 spiro atoms. The molecule has 0 saturated heterocycles. The number of rotatable bonds is 3. The van der Waals surface area contributed by atoms with E-state index >= 15 is 0 Å². The van der Waals surface area contributed by atoms with Crippen molar-refractivity contribution in [3.8, 4) is 0 Å². The zero-order valence-corrected chi connectivity index (χ0v) is 12.9. The standard InChI is InChI=1S/C17H31NO2/c19-17(15-11-7-3-1-4-8-12-15)18-20-16-13-9-5-2-6-10-14-16/h15-16H,1-14H2,(H,18,19). The first-order chi connectivity index (χ1) is 9.86. The third-order valence-electron chi connectivity index (χ3n) is 4.85. The highest BCUT2D eigenvalue weighted by molar-refractivity contribution is 5.77. The molecule has 2 rings (SSSR count). The van der Waals surface area contributed by atoms with Crippen molar-refractivity contribution in [1.82, 2.24) is 5.48 Å². The summed E-state index contributed by atoms with van der Waals surface area (Å²) in [6.45, 7) is 0. The maximum Gasteiger partial charge on any atom is 0.246 e. The van der Waals surface area contributed by atoms with Gasteiger partial charge in [-0.15, -0.1) is 0 Å². The first kappa shape index (κ1) is 15.8. The summed E-state index contributed by atoms with van der Waals surface area (Å²) in [7, 11) is 0. The smallest absolute Gasteiger partial charge is 0.246 e. The Bertz CT molecular complexity index is 264. The van der Waals surface area contributed by atoms with E-state index in [4.69, 9.17) is 4.84 Å². The lowest BCUT2D eigenvalue weighted by atomic mass is 9.91. The van der Waals surface area contributed by atoms with Gasteiger partial charge in [-0.2, -0.15) is 0 Å². The Balaban J connectivity index is 1.69. The Morgan fingerprint density at radius 3 is 1.70 bits per heavy atom. The van der Waals surface area contributed by atoms with Gasteiger partial charge < -0.3 is 0 Å². The summed E-state index contributed by atoms with van der Waals surface area (Å²) in [6.07, 6.45) is 17.3. The normalized spacial score (nSPS) is 24.2. The number of hydrogen-bond acceptors (Lipinski definition) is 2. The van der Waals surface area contributed by atoms with E-state index in [-0.39, 0.29) is 17.9 Å². The molecule has 3 heteroatoms. The molecule has 2 fully saturated rings. The van der Waals surface area contributed by atoms with Gasteiger partial charge in [-0.1, -0.05) is 64.2 Å². The van der Waals surface area contributed by atoms with E-state index in [2.05, 4.69) is 5.48 Å². The highest BCUT2D eigenvalue weighted by atomic mass is 16.7. The molecule has 2 aliphatic carbocycles. The average molecular weight is 281 g/mol. The van der Waals surface area contributed by atoms with Crippen LogP contribution in [0.2, 0.25) is 0 Å². The summed E-state index contributed by atoms with van der Waals surface area (Å²) in [5.74, 6) is 0.317. The van der Waals surface area contributed by atoms with Gasteiger partial charge in [0.2, 0.25) is 5.91 Å². The minimum absolute atomic E-state index is 0.133. The second-order valence-electron chi connectivity index (χ2n) is 6.59. The summed E-state index contributed by atoms with van der Waals surface area (Å²) in [5.41, 5.74) is 2.78. The highest BCUT2D eigenvalue weighted by Crippen LogP contribution is 2.23. The predicted molar refractivity (Wildman–Crippen MR) is 81.1 cm³/mol. The van der Waals surface area contributed by atoms with Gasteiger partial charge in [-0.3, -0.25) is 9.63 Å². The Labute approximate surface area is 123 Å². The molecular formula is C17H31NO2. The van der Waals surface area contributed by atoms with Gasteiger partial charge in [0.05, 0.1) is 6.10 Å². The fourth-order valence-electron chi connectivity index (χ4n) is 3.48. The van der Waals surface area contributed by atoms with E-state index in [1.165, 1.54) is 64.2 Å². The predicted octanol–water partition coefficient (Wildman–Crippen LogP) is 4.51. The first-order valence-corrected chi connectivity index (χ1v) is 8.82. The number of carbonyl (C=O) groups is 1. The van der Waals surface area contributed by atoms with Crippen LogP contribution in [-0.4, -0.2) is 12.0 Å². The molecule has 0 unspecified atom stereocenters. The van der Waals surface area contributed by atoms with Gasteiger partial charge in [0.15, 0.2) is 0 Å². The van der Waals surface area contributed by atoms with Crippen molar-refractivity contribution in [3.63, 3.8) is 0 Å². The minimum Gasteiger partial charge on any atom is -0.273 e. The first-order valence-electron chi connectivity index (χ1n) is 8.82. The maximum atomic E-state index is 12.2. The van der Waals surface area contributed by atoms with E-state index in [1.54, 1.807) is 0 Å². The Morgan fingerprint density at radius 1 is 0.700 bits per heavy atom. The van der Waals surface area contributed by atoms with Crippen molar-refractivity contribution in [2.75, 3.05) is 0 Å². The van der Waals surface area contributed by atoms with Crippen molar-refractivity contribution < 1.29 is 9.63 Å². The second kappa shape index (κ2) is 9.38. The fourth-order valence-corrected chi connectivity index (χ4v) is 3.48. The lowest BCUT2D eigenvalue weighted by molar-refractivity contribution is -0.144. The van der Waals surface area contributed by atoms with Gasteiger partial charge >= 0.3 is 0 Å². The van der Waals surface area contributed by atoms with E-state index in [9.17, 15) is 4.79 Å². The highest BCUT2D eigenvalue weighted by Gasteiger charge is 2.21. The largest absolute Gasteiger partial charge is 0.273 e. The molecule has 0 atom stereocenters. The monoisotopic (exact) mass is 281 g/mol. The Kier molecular flexibility index (Phi) is 7.42. The molecule has 20 heavy (non-hydrogen) atoms. The third kappa shape index (κ3) is 5.82. The minimum atomic E-state index is 0.133. The van der Waals surface area contributed by atoms with Crippen molar-refractivity contribution in [1.29, 1.82) is 0 Å². The van der Waals surface area contributed by atoms with Crippen LogP contribution in [0.4, 0.5) is 0 Å². The molecule has 0 aliphatic heterocycles. The van der Waals surface area contributed by atoms with Gasteiger partial charge in [0, 0.05) is 5.92 Å². The van der Waals surface area contributed by atoms with Crippen LogP contribution < -0.4 is 5.48 Å². The fraction of sp³-hybridized carbons (Fsp3) is 0.941. The lowest BCUT2D eigenvalue weighted by Gasteiger charge is -2.23. The van der Waals surface area contributed by atoms with E-state index < -0.39 is 0 Å². The van der Waals surface area contributed by atoms with Crippen LogP contribution in [0.25, 0.3) is 0 Å². The molecule has 116 valence electrons. The van der Waals surface area contributed by atoms with Gasteiger partial charge in [0.1, 0.15) is 0 Å². The van der Waals surface area contributed by atoms with Crippen molar-refractivity contribution in [2.45, 2.75) is 96.0 Å². The number of amides is 1. The second-order valence-corrected chi connectivity index (χ2v) is 6.59. The van der Waals surface area contributed by atoms with E-state index in [1.807, 2.05) is 0 Å². The van der Waals surface area contributed by atoms with Crippen molar-refractivity contribution >= 4 is 5.91 Å². The maximum absolute atomic E-state index is 12.2. The molecule has 2 aliphatic rings. The zero-order chi connectivity index (χ0) is 14.0. The topological polar surface area (TPSA) is 38.3 Å². The molecule has 3 nitrogen and oxygen atoms in total. The SMILES string of the molecule is O=C(NOC1CCCCCCC1)C1CCCCCCC1. The summed E-state index contributed by atoms with van der Waals surface area (Å²) in [4.78, 5) is 17.9. The van der Waals surface area contributed by atoms with E-state index in [0.29, 0.717) is 0 Å². The number of hydrogen-bond donors (Lipinski definition) is 1. The van der Waals surface area contributed by atoms with Crippen LogP contribution in [0.3, 0.4) is 0 Å². The molecule has 0 bridgehead atoms. The molecule has 0 heterocycles. The van der Waals surface area contributed by atoms with Gasteiger partial charge in [-0.25, -0.2) is 5.48 Å². The molecule has 0 aromatic rings. The summed E-state index contributed by atoms with van der Waals surface area (Å²) >= 11 is 0. The molecule has 0 aromatic carbocycles. The zero-order valence-electron chi connectivity index (χ0n) is 12.9. The molecule has 1 N–H and O–H groups in total. The lowest BCUT2D eigenvalue weighted by Crippen LogP contribution is -2.35.